The molecular formula is C14H24N2OS. The molecule has 0 aromatic heterocycles. The molecule has 0 aromatic rings. The number of amides is 1. The van der Waals surface area contributed by atoms with Gasteiger partial charge in [0.25, 0.3) is 0 Å². The fraction of sp³-hybridized carbons (Fsp3) is 0.857. The van der Waals surface area contributed by atoms with E-state index in [2.05, 4.69) is 12.2 Å². The number of rotatable bonds is 3. The molecule has 0 aromatic carbocycles. The number of nitrogens with two attached hydrogens (primary N) is 1. The summed E-state index contributed by atoms with van der Waals surface area (Å²) in [4.78, 5) is 13.0. The molecule has 0 aliphatic heterocycles. The van der Waals surface area contributed by atoms with Gasteiger partial charge in [-0.25, -0.2) is 0 Å². The zero-order chi connectivity index (χ0) is 13.2. The second-order valence-corrected chi connectivity index (χ2v) is 6.67. The van der Waals surface area contributed by atoms with Crippen LogP contribution in [-0.2, 0) is 4.79 Å². The molecule has 0 unspecified atom stereocenters. The molecule has 18 heavy (non-hydrogen) atoms. The van der Waals surface area contributed by atoms with E-state index in [1.54, 1.807) is 0 Å². The summed E-state index contributed by atoms with van der Waals surface area (Å²) in [6, 6.07) is 0. The smallest absolute Gasteiger partial charge is 0.233 e. The molecule has 2 saturated carbocycles. The summed E-state index contributed by atoms with van der Waals surface area (Å²) < 4.78 is 0. The van der Waals surface area contributed by atoms with E-state index in [0.717, 1.165) is 38.5 Å². The van der Waals surface area contributed by atoms with Crippen molar-refractivity contribution in [3.8, 4) is 0 Å². The quantitative estimate of drug-likeness (QED) is 0.774. The molecule has 2 fully saturated rings. The van der Waals surface area contributed by atoms with Crippen LogP contribution >= 0.6 is 12.2 Å². The number of thiocarbonyl (C=S) groups is 1. The molecule has 3 N–H and O–H groups in total. The Morgan fingerprint density at radius 1 is 1.06 bits per heavy atom. The van der Waals surface area contributed by atoms with Gasteiger partial charge in [0.2, 0.25) is 5.91 Å². The van der Waals surface area contributed by atoms with Crippen LogP contribution in [0.15, 0.2) is 0 Å². The van der Waals surface area contributed by atoms with Gasteiger partial charge in [0.05, 0.1) is 10.4 Å². The van der Waals surface area contributed by atoms with Crippen molar-refractivity contribution in [2.45, 2.75) is 70.3 Å². The van der Waals surface area contributed by atoms with E-state index < -0.39 is 5.41 Å². The number of carbonyl (C=O) groups is 1. The van der Waals surface area contributed by atoms with E-state index in [9.17, 15) is 4.79 Å². The SMILES string of the molecule is CC1(NC(=O)C2(C(N)=S)CCCCC2)CCCC1. The summed E-state index contributed by atoms with van der Waals surface area (Å²) in [6.45, 7) is 2.15. The van der Waals surface area contributed by atoms with Gasteiger partial charge < -0.3 is 11.1 Å². The van der Waals surface area contributed by atoms with Crippen molar-refractivity contribution < 1.29 is 4.79 Å². The molecule has 0 heterocycles. The molecule has 0 saturated heterocycles. The van der Waals surface area contributed by atoms with Crippen molar-refractivity contribution in [2.75, 3.05) is 0 Å². The minimum absolute atomic E-state index is 0.0354. The maximum absolute atomic E-state index is 12.6. The molecule has 1 amide bonds. The molecule has 0 spiro atoms. The van der Waals surface area contributed by atoms with E-state index in [1.807, 2.05) is 0 Å². The highest BCUT2D eigenvalue weighted by Gasteiger charge is 2.44. The fourth-order valence-electron chi connectivity index (χ4n) is 3.41. The van der Waals surface area contributed by atoms with Crippen LogP contribution in [0.3, 0.4) is 0 Å². The molecule has 3 nitrogen and oxygen atoms in total. The van der Waals surface area contributed by atoms with Gasteiger partial charge in [-0.3, -0.25) is 4.79 Å². The third-order valence-corrected chi connectivity index (χ3v) is 5.13. The van der Waals surface area contributed by atoms with Gasteiger partial charge >= 0.3 is 0 Å². The molecule has 0 atom stereocenters. The Morgan fingerprint density at radius 3 is 2.06 bits per heavy atom. The molecular weight excluding hydrogens is 244 g/mol. The lowest BCUT2D eigenvalue weighted by molar-refractivity contribution is -0.130. The van der Waals surface area contributed by atoms with Crippen LogP contribution < -0.4 is 11.1 Å². The van der Waals surface area contributed by atoms with Crippen LogP contribution in [0.25, 0.3) is 0 Å². The summed E-state index contributed by atoms with van der Waals surface area (Å²) in [5, 5.41) is 3.24. The molecule has 2 aliphatic rings. The molecule has 102 valence electrons. The summed E-state index contributed by atoms with van der Waals surface area (Å²) in [6.07, 6.45) is 9.51. The first-order valence-corrected chi connectivity index (χ1v) is 7.52. The largest absolute Gasteiger partial charge is 0.392 e. The zero-order valence-corrected chi connectivity index (χ0v) is 12.1. The normalized spacial score (nSPS) is 25.6. The predicted octanol–water partition coefficient (Wildman–Crippen LogP) is 2.67. The Hall–Kier alpha value is -0.640. The summed E-state index contributed by atoms with van der Waals surface area (Å²) in [7, 11) is 0. The number of carbonyl (C=O) groups excluding carboxylic acids is 1. The topological polar surface area (TPSA) is 55.1 Å². The van der Waals surface area contributed by atoms with E-state index in [0.29, 0.717) is 4.99 Å². The maximum atomic E-state index is 12.6. The lowest BCUT2D eigenvalue weighted by Gasteiger charge is -2.38. The number of hydrogen-bond acceptors (Lipinski definition) is 2. The van der Waals surface area contributed by atoms with Crippen LogP contribution in [0, 0.1) is 5.41 Å². The second kappa shape index (κ2) is 5.16. The van der Waals surface area contributed by atoms with Crippen molar-refractivity contribution >= 4 is 23.1 Å². The van der Waals surface area contributed by atoms with Crippen LogP contribution in [0.4, 0.5) is 0 Å². The fourth-order valence-corrected chi connectivity index (χ4v) is 3.71. The highest BCUT2D eigenvalue weighted by molar-refractivity contribution is 7.80. The molecule has 4 heteroatoms. The van der Waals surface area contributed by atoms with Crippen LogP contribution in [0.2, 0.25) is 0 Å². The van der Waals surface area contributed by atoms with Crippen molar-refractivity contribution in [1.82, 2.24) is 5.32 Å². The van der Waals surface area contributed by atoms with Gasteiger partial charge in [0.15, 0.2) is 0 Å². The lowest BCUT2D eigenvalue weighted by atomic mass is 9.72. The average molecular weight is 268 g/mol. The third kappa shape index (κ3) is 2.53. The Labute approximate surface area is 115 Å². The van der Waals surface area contributed by atoms with E-state index >= 15 is 0 Å². The van der Waals surface area contributed by atoms with Crippen molar-refractivity contribution in [3.63, 3.8) is 0 Å². The monoisotopic (exact) mass is 268 g/mol. The van der Waals surface area contributed by atoms with Gasteiger partial charge in [0, 0.05) is 5.54 Å². The molecule has 2 aliphatic carbocycles. The molecule has 2 rings (SSSR count). The number of nitrogens with one attached hydrogen (secondary N) is 1. The maximum Gasteiger partial charge on any atom is 0.233 e. The minimum atomic E-state index is -0.570. The van der Waals surface area contributed by atoms with Gasteiger partial charge in [-0.1, -0.05) is 44.3 Å². The van der Waals surface area contributed by atoms with Gasteiger partial charge in [-0.05, 0) is 32.6 Å². The Kier molecular flexibility index (Phi) is 3.95. The van der Waals surface area contributed by atoms with Gasteiger partial charge in [-0.2, -0.15) is 0 Å². The van der Waals surface area contributed by atoms with Gasteiger partial charge in [0.1, 0.15) is 0 Å². The first-order valence-electron chi connectivity index (χ1n) is 7.11. The predicted molar refractivity (Wildman–Crippen MR) is 77.3 cm³/mol. The highest BCUT2D eigenvalue weighted by Crippen LogP contribution is 2.38. The van der Waals surface area contributed by atoms with E-state index in [1.165, 1.54) is 19.3 Å². The van der Waals surface area contributed by atoms with E-state index in [-0.39, 0.29) is 11.4 Å². The summed E-state index contributed by atoms with van der Waals surface area (Å²) >= 11 is 5.20. The highest BCUT2D eigenvalue weighted by atomic mass is 32.1. The van der Waals surface area contributed by atoms with Crippen molar-refractivity contribution in [2.24, 2.45) is 11.1 Å². The average Bonchev–Trinajstić information content (AvgIpc) is 2.76. The van der Waals surface area contributed by atoms with Gasteiger partial charge in [-0.15, -0.1) is 0 Å². The summed E-state index contributed by atoms with van der Waals surface area (Å²) in [5.74, 6) is 0.0825. The van der Waals surface area contributed by atoms with Crippen LogP contribution in [0.1, 0.15) is 64.7 Å². The molecule has 0 bridgehead atoms. The zero-order valence-electron chi connectivity index (χ0n) is 11.3. The molecule has 0 radical (unpaired) electrons. The Balaban J connectivity index is 2.11. The Morgan fingerprint density at radius 2 is 1.56 bits per heavy atom. The van der Waals surface area contributed by atoms with Crippen molar-refractivity contribution in [1.29, 1.82) is 0 Å². The van der Waals surface area contributed by atoms with Crippen molar-refractivity contribution in [3.05, 3.63) is 0 Å². The second-order valence-electron chi connectivity index (χ2n) is 6.23. The van der Waals surface area contributed by atoms with Crippen LogP contribution in [-0.4, -0.2) is 16.4 Å². The summed E-state index contributed by atoms with van der Waals surface area (Å²) in [5.41, 5.74) is 5.29. The minimum Gasteiger partial charge on any atom is -0.392 e. The third-order valence-electron chi connectivity index (χ3n) is 4.74. The first kappa shape index (κ1) is 13.8. The van der Waals surface area contributed by atoms with Crippen LogP contribution in [0.5, 0.6) is 0 Å². The number of hydrogen-bond donors (Lipinski definition) is 2. The Bertz CT molecular complexity index is 342. The lowest BCUT2D eigenvalue weighted by Crippen LogP contribution is -2.55. The van der Waals surface area contributed by atoms with E-state index in [4.69, 9.17) is 18.0 Å². The first-order chi connectivity index (χ1) is 8.49. The standard InChI is InChI=1S/C14H24N2OS/c1-13(7-5-6-8-13)16-12(17)14(11(15)18)9-3-2-4-10-14/h2-10H2,1H3,(H2,15,18)(H,16,17).